The summed E-state index contributed by atoms with van der Waals surface area (Å²) in [5.41, 5.74) is 4.76. The number of nitrogens with zero attached hydrogens (tertiary/aromatic N) is 1. The third-order valence-electron chi connectivity index (χ3n) is 3.06. The second kappa shape index (κ2) is 14.6. The summed E-state index contributed by atoms with van der Waals surface area (Å²) in [6.45, 7) is 13.0. The van der Waals surface area contributed by atoms with Crippen molar-refractivity contribution >= 4 is 23.6 Å². The minimum Gasteiger partial charge on any atom is -0.380 e. The SMILES string of the molecule is C=CC(=O)NCC(O)(O)NC(=O)C=C.C=CCN(CC=C)C(=O)C(O)C(O)C(N)=O. The maximum absolute atomic E-state index is 11.6. The molecular formula is C18H28N4O8. The van der Waals surface area contributed by atoms with Crippen LogP contribution in [0.5, 0.6) is 0 Å². The minimum atomic E-state index is -2.50. The highest BCUT2D eigenvalue weighted by Crippen LogP contribution is 2.01. The van der Waals surface area contributed by atoms with Gasteiger partial charge in [0.25, 0.3) is 11.8 Å². The van der Waals surface area contributed by atoms with Crippen LogP contribution < -0.4 is 16.4 Å². The quantitative estimate of drug-likeness (QED) is 0.0947. The number of hydrogen-bond acceptors (Lipinski definition) is 8. The van der Waals surface area contributed by atoms with Crippen molar-refractivity contribution in [3.05, 3.63) is 50.6 Å². The molecule has 168 valence electrons. The van der Waals surface area contributed by atoms with E-state index in [0.29, 0.717) is 0 Å². The monoisotopic (exact) mass is 428 g/mol. The smallest absolute Gasteiger partial charge is 0.264 e. The van der Waals surface area contributed by atoms with Gasteiger partial charge >= 0.3 is 0 Å². The Bertz CT molecular complexity index is 653. The van der Waals surface area contributed by atoms with E-state index < -0.39 is 48.3 Å². The zero-order valence-corrected chi connectivity index (χ0v) is 16.4. The van der Waals surface area contributed by atoms with Gasteiger partial charge in [0.15, 0.2) is 12.2 Å². The first kappa shape index (κ1) is 28.9. The minimum absolute atomic E-state index is 0.174. The molecule has 0 aromatic heterocycles. The third-order valence-corrected chi connectivity index (χ3v) is 3.06. The van der Waals surface area contributed by atoms with Crippen LogP contribution in [0.2, 0.25) is 0 Å². The molecule has 30 heavy (non-hydrogen) atoms. The topological polar surface area (TPSA) is 203 Å². The van der Waals surface area contributed by atoms with Crippen LogP contribution >= 0.6 is 0 Å². The number of aliphatic hydroxyl groups excluding tert-OH is 2. The number of aliphatic hydroxyl groups is 4. The van der Waals surface area contributed by atoms with Gasteiger partial charge in [0.1, 0.15) is 0 Å². The van der Waals surface area contributed by atoms with Gasteiger partial charge in [0, 0.05) is 13.1 Å². The molecule has 12 heteroatoms. The molecule has 0 saturated heterocycles. The molecule has 0 aromatic rings. The Hall–Kier alpha value is -3.32. The van der Waals surface area contributed by atoms with Crippen LogP contribution in [-0.2, 0) is 19.2 Å². The number of carbonyl (C=O) groups is 4. The molecule has 0 rings (SSSR count). The number of nitrogens with two attached hydrogens (primary N) is 1. The molecule has 0 aliphatic heterocycles. The maximum atomic E-state index is 11.6. The molecule has 4 amide bonds. The molecule has 2 unspecified atom stereocenters. The Labute approximate surface area is 173 Å². The molecule has 12 nitrogen and oxygen atoms in total. The Morgan fingerprint density at radius 3 is 1.77 bits per heavy atom. The number of carbonyl (C=O) groups excluding carboxylic acids is 4. The van der Waals surface area contributed by atoms with Gasteiger partial charge in [-0.15, -0.1) is 13.2 Å². The normalized spacial score (nSPS) is 12.0. The van der Waals surface area contributed by atoms with Crippen LogP contribution in [0.4, 0.5) is 0 Å². The van der Waals surface area contributed by atoms with E-state index in [1.807, 2.05) is 0 Å². The first-order chi connectivity index (χ1) is 13.9. The van der Waals surface area contributed by atoms with E-state index in [1.165, 1.54) is 17.1 Å². The zero-order chi connectivity index (χ0) is 23.9. The molecule has 0 heterocycles. The summed E-state index contributed by atoms with van der Waals surface area (Å²) >= 11 is 0. The zero-order valence-electron chi connectivity index (χ0n) is 16.4. The fourth-order valence-corrected chi connectivity index (χ4v) is 1.62. The first-order valence-corrected chi connectivity index (χ1v) is 8.32. The number of rotatable bonds is 12. The molecule has 0 spiro atoms. The summed E-state index contributed by atoms with van der Waals surface area (Å²) in [5.74, 6) is -5.79. The van der Waals surface area contributed by atoms with E-state index in [4.69, 9.17) is 21.1 Å². The van der Waals surface area contributed by atoms with Gasteiger partial charge in [-0.2, -0.15) is 0 Å². The average Bonchev–Trinajstić information content (AvgIpc) is 2.70. The van der Waals surface area contributed by atoms with E-state index in [9.17, 15) is 24.3 Å². The molecule has 2 atom stereocenters. The molecule has 0 fully saturated rings. The Kier molecular flexibility index (Phi) is 14.1. The molecule has 8 N–H and O–H groups in total. The highest BCUT2D eigenvalue weighted by atomic mass is 16.5. The summed E-state index contributed by atoms with van der Waals surface area (Å²) in [6.07, 6.45) is 0.958. The fourth-order valence-electron chi connectivity index (χ4n) is 1.62. The molecular weight excluding hydrogens is 400 g/mol. The van der Waals surface area contributed by atoms with Gasteiger partial charge in [-0.25, -0.2) is 0 Å². The van der Waals surface area contributed by atoms with Crippen LogP contribution in [0.1, 0.15) is 0 Å². The molecule has 0 saturated carbocycles. The number of hydrogen-bond donors (Lipinski definition) is 7. The van der Waals surface area contributed by atoms with E-state index in [-0.39, 0.29) is 13.1 Å². The highest BCUT2D eigenvalue weighted by molar-refractivity contribution is 5.90. The van der Waals surface area contributed by atoms with Crippen LogP contribution in [0.25, 0.3) is 0 Å². The lowest BCUT2D eigenvalue weighted by Crippen LogP contribution is -2.55. The van der Waals surface area contributed by atoms with Crippen LogP contribution in [0.15, 0.2) is 50.6 Å². The summed E-state index contributed by atoms with van der Waals surface area (Å²) < 4.78 is 0. The van der Waals surface area contributed by atoms with Crippen LogP contribution in [0, 0.1) is 0 Å². The molecule has 0 bridgehead atoms. The second-order valence-electron chi connectivity index (χ2n) is 5.54. The predicted octanol–water partition coefficient (Wildman–Crippen LogP) is -3.38. The van der Waals surface area contributed by atoms with Gasteiger partial charge in [0.05, 0.1) is 6.54 Å². The number of primary amides is 1. The first-order valence-electron chi connectivity index (χ1n) is 8.32. The average molecular weight is 428 g/mol. The molecule has 0 radical (unpaired) electrons. The van der Waals surface area contributed by atoms with E-state index in [0.717, 1.165) is 12.2 Å². The van der Waals surface area contributed by atoms with Crippen molar-refractivity contribution < 1.29 is 39.6 Å². The van der Waals surface area contributed by atoms with Gasteiger partial charge in [-0.1, -0.05) is 25.3 Å². The molecule has 0 aliphatic carbocycles. The van der Waals surface area contributed by atoms with Gasteiger partial charge in [-0.3, -0.25) is 19.2 Å². The Morgan fingerprint density at radius 1 is 0.933 bits per heavy atom. The summed E-state index contributed by atoms with van der Waals surface area (Å²) in [6, 6.07) is 0. The predicted molar refractivity (Wildman–Crippen MR) is 107 cm³/mol. The fraction of sp³-hybridized carbons (Fsp3) is 0.333. The lowest BCUT2D eigenvalue weighted by atomic mass is 10.1. The van der Waals surface area contributed by atoms with Crippen molar-refractivity contribution in [1.82, 2.24) is 15.5 Å². The number of amides is 4. The highest BCUT2D eigenvalue weighted by Gasteiger charge is 2.31. The lowest BCUT2D eigenvalue weighted by molar-refractivity contribution is -0.185. The van der Waals surface area contributed by atoms with Gasteiger partial charge in [0.2, 0.25) is 17.7 Å². The van der Waals surface area contributed by atoms with Crippen molar-refractivity contribution in [3.8, 4) is 0 Å². The van der Waals surface area contributed by atoms with Gasteiger partial charge < -0.3 is 41.7 Å². The van der Waals surface area contributed by atoms with Crippen LogP contribution in [0.3, 0.4) is 0 Å². The van der Waals surface area contributed by atoms with E-state index in [1.54, 1.807) is 5.32 Å². The van der Waals surface area contributed by atoms with Crippen LogP contribution in [-0.4, -0.2) is 86.7 Å². The Morgan fingerprint density at radius 2 is 1.40 bits per heavy atom. The van der Waals surface area contributed by atoms with E-state index in [2.05, 4.69) is 31.6 Å². The lowest BCUT2D eigenvalue weighted by Gasteiger charge is -2.23. The van der Waals surface area contributed by atoms with Gasteiger partial charge in [-0.05, 0) is 12.2 Å². The van der Waals surface area contributed by atoms with Crippen molar-refractivity contribution in [2.75, 3.05) is 19.6 Å². The standard InChI is InChI=1S/C10H16N2O4.C8H12N2O4/c1-3-5-12(6-4-2)10(16)8(14)7(13)9(11)15;1-3-6(11)9-5-8(13,14)10-7(12)4-2/h3-4,7-8,13-14H,1-2,5-6H2,(H2,11,15);3-4,13-14H,1-2,5H2,(H,9,11)(H,10,12). The molecule has 0 aromatic carbocycles. The summed E-state index contributed by atoms with van der Waals surface area (Å²) in [4.78, 5) is 44.6. The van der Waals surface area contributed by atoms with E-state index >= 15 is 0 Å². The van der Waals surface area contributed by atoms with Crippen molar-refractivity contribution in [1.29, 1.82) is 0 Å². The van der Waals surface area contributed by atoms with Crippen molar-refractivity contribution in [3.63, 3.8) is 0 Å². The summed E-state index contributed by atoms with van der Waals surface area (Å²) in [7, 11) is 0. The number of nitrogens with one attached hydrogen (secondary N) is 2. The van der Waals surface area contributed by atoms with Crippen molar-refractivity contribution in [2.45, 2.75) is 18.1 Å². The molecule has 0 aliphatic rings. The summed E-state index contributed by atoms with van der Waals surface area (Å²) in [5, 5.41) is 40.6. The Balaban J connectivity index is 0. The third kappa shape index (κ3) is 12.2. The largest absolute Gasteiger partial charge is 0.380 e. The second-order valence-corrected chi connectivity index (χ2v) is 5.54. The maximum Gasteiger partial charge on any atom is 0.264 e. The van der Waals surface area contributed by atoms with Crippen molar-refractivity contribution in [2.24, 2.45) is 5.73 Å².